The lowest BCUT2D eigenvalue weighted by atomic mass is 9.93. The SMILES string of the molecule is CCCCCCCCS(=O)(=O)N1CCN(C(=O)CCN2CCc3sccc3C2c2cccc(F)c2)CC1. The Morgan fingerprint density at radius 3 is 2.54 bits per heavy atom. The van der Waals surface area contributed by atoms with E-state index in [0.717, 1.165) is 31.4 Å². The molecule has 3 heterocycles. The van der Waals surface area contributed by atoms with E-state index in [2.05, 4.69) is 23.3 Å². The molecule has 0 radical (unpaired) electrons. The van der Waals surface area contributed by atoms with Crippen LogP contribution in [-0.4, -0.2) is 73.5 Å². The molecule has 1 atom stereocenters. The summed E-state index contributed by atoms with van der Waals surface area (Å²) in [5.41, 5.74) is 2.12. The Balaban J connectivity index is 1.27. The van der Waals surface area contributed by atoms with Gasteiger partial charge in [0.1, 0.15) is 5.82 Å². The van der Waals surface area contributed by atoms with E-state index in [1.807, 2.05) is 6.07 Å². The Morgan fingerprint density at radius 1 is 1.03 bits per heavy atom. The fourth-order valence-corrected chi connectivity index (χ4v) is 7.93. The van der Waals surface area contributed by atoms with Crippen molar-refractivity contribution in [3.63, 3.8) is 0 Å². The average molecular weight is 550 g/mol. The molecule has 1 aromatic heterocycles. The molecular formula is C28H40FN3O3S2. The minimum Gasteiger partial charge on any atom is -0.340 e. The van der Waals surface area contributed by atoms with Crippen LogP contribution in [0.15, 0.2) is 35.7 Å². The minimum absolute atomic E-state index is 0.0533. The summed E-state index contributed by atoms with van der Waals surface area (Å²) in [6, 6.07) is 8.82. The highest BCUT2D eigenvalue weighted by Crippen LogP contribution is 2.38. The fourth-order valence-electron chi connectivity index (χ4n) is 5.48. The number of amides is 1. The largest absolute Gasteiger partial charge is 0.340 e. The summed E-state index contributed by atoms with van der Waals surface area (Å²) in [7, 11) is -3.26. The fraction of sp³-hybridized carbons (Fsp3) is 0.607. The van der Waals surface area contributed by atoms with Crippen molar-refractivity contribution in [2.24, 2.45) is 0 Å². The zero-order chi connectivity index (χ0) is 26.3. The molecular weight excluding hydrogens is 509 g/mol. The minimum atomic E-state index is -3.26. The third-order valence-corrected chi connectivity index (χ3v) is 10.5. The highest BCUT2D eigenvalue weighted by molar-refractivity contribution is 7.89. The standard InChI is InChI=1S/C28H40FN3O3S2/c1-2-3-4-5-6-7-21-37(34,35)32-18-16-30(17-19-32)27(33)12-15-31-14-11-26-25(13-20-36-26)28(31)23-9-8-10-24(29)22-23/h8-10,13,20,22,28H,2-7,11-12,14-19,21H2,1H3. The topological polar surface area (TPSA) is 60.9 Å². The van der Waals surface area contributed by atoms with E-state index in [0.29, 0.717) is 45.6 Å². The average Bonchev–Trinajstić information content (AvgIpc) is 3.38. The van der Waals surface area contributed by atoms with Crippen LogP contribution in [0.2, 0.25) is 0 Å². The molecule has 0 spiro atoms. The number of sulfonamides is 1. The van der Waals surface area contributed by atoms with Crippen molar-refractivity contribution in [1.82, 2.24) is 14.1 Å². The first-order chi connectivity index (χ1) is 17.9. The van der Waals surface area contributed by atoms with Crippen LogP contribution in [0.5, 0.6) is 0 Å². The molecule has 0 N–H and O–H groups in total. The maximum Gasteiger partial charge on any atom is 0.223 e. The molecule has 1 amide bonds. The number of piperazine rings is 1. The predicted molar refractivity (Wildman–Crippen MR) is 148 cm³/mol. The number of benzene rings is 1. The monoisotopic (exact) mass is 549 g/mol. The van der Waals surface area contributed by atoms with Crippen molar-refractivity contribution in [2.75, 3.05) is 45.0 Å². The number of thiophene rings is 1. The summed E-state index contributed by atoms with van der Waals surface area (Å²) in [6.07, 6.45) is 7.63. The second-order valence-corrected chi connectivity index (χ2v) is 13.2. The summed E-state index contributed by atoms with van der Waals surface area (Å²) >= 11 is 1.74. The number of rotatable bonds is 12. The van der Waals surface area contributed by atoms with E-state index >= 15 is 0 Å². The van der Waals surface area contributed by atoms with E-state index in [1.165, 1.54) is 35.8 Å². The van der Waals surface area contributed by atoms with Crippen molar-refractivity contribution in [1.29, 1.82) is 0 Å². The number of nitrogens with zero attached hydrogens (tertiary/aromatic N) is 3. The van der Waals surface area contributed by atoms with E-state index < -0.39 is 10.0 Å². The first kappa shape index (κ1) is 28.2. The van der Waals surface area contributed by atoms with Crippen LogP contribution in [-0.2, 0) is 21.2 Å². The zero-order valence-corrected chi connectivity index (χ0v) is 23.5. The van der Waals surface area contributed by atoms with E-state index in [-0.39, 0.29) is 23.5 Å². The van der Waals surface area contributed by atoms with Crippen LogP contribution >= 0.6 is 11.3 Å². The smallest absolute Gasteiger partial charge is 0.223 e. The number of fused-ring (bicyclic) bond motifs is 1. The van der Waals surface area contributed by atoms with Crippen molar-refractivity contribution in [3.05, 3.63) is 57.5 Å². The van der Waals surface area contributed by atoms with Gasteiger partial charge in [-0.25, -0.2) is 12.8 Å². The van der Waals surface area contributed by atoms with Crippen LogP contribution in [0, 0.1) is 5.82 Å². The Bertz CT molecular complexity index is 1130. The molecule has 2 aliphatic heterocycles. The number of halogens is 1. The van der Waals surface area contributed by atoms with Gasteiger partial charge >= 0.3 is 0 Å². The molecule has 204 valence electrons. The van der Waals surface area contributed by atoms with Gasteiger partial charge in [-0.3, -0.25) is 9.69 Å². The quantitative estimate of drug-likeness (QED) is 0.347. The number of hydrogen-bond donors (Lipinski definition) is 0. The predicted octanol–water partition coefficient (Wildman–Crippen LogP) is 5.06. The normalized spacial score (nSPS) is 19.2. The Kier molecular flexibility index (Phi) is 10.1. The van der Waals surface area contributed by atoms with Crippen LogP contribution in [0.1, 0.15) is 73.9 Å². The lowest BCUT2D eigenvalue weighted by Gasteiger charge is -2.37. The summed E-state index contributed by atoms with van der Waals surface area (Å²) in [6.45, 7) is 5.22. The number of carbonyl (C=O) groups excluding carboxylic acids is 1. The number of hydrogen-bond acceptors (Lipinski definition) is 5. The van der Waals surface area contributed by atoms with Gasteiger partial charge in [-0.2, -0.15) is 4.31 Å². The van der Waals surface area contributed by atoms with Gasteiger partial charge in [-0.15, -0.1) is 11.3 Å². The van der Waals surface area contributed by atoms with Gasteiger partial charge in [0.2, 0.25) is 15.9 Å². The molecule has 0 bridgehead atoms. The summed E-state index contributed by atoms with van der Waals surface area (Å²) < 4.78 is 41.1. The van der Waals surface area contributed by atoms with E-state index in [1.54, 1.807) is 32.7 Å². The summed E-state index contributed by atoms with van der Waals surface area (Å²) in [5, 5.41) is 2.09. The van der Waals surface area contributed by atoms with Crippen molar-refractivity contribution in [3.8, 4) is 0 Å². The van der Waals surface area contributed by atoms with Gasteiger partial charge in [-0.05, 0) is 47.5 Å². The molecule has 6 nitrogen and oxygen atoms in total. The number of unbranched alkanes of at least 4 members (excludes halogenated alkanes) is 5. The van der Waals surface area contributed by atoms with Gasteiger partial charge in [0.25, 0.3) is 0 Å². The molecule has 0 aliphatic carbocycles. The van der Waals surface area contributed by atoms with Crippen LogP contribution < -0.4 is 0 Å². The van der Waals surface area contributed by atoms with Crippen LogP contribution in [0.4, 0.5) is 4.39 Å². The first-order valence-corrected chi connectivity index (χ1v) is 16.2. The molecule has 2 aliphatic rings. The molecule has 4 rings (SSSR count). The maximum absolute atomic E-state index is 14.0. The third-order valence-electron chi connectivity index (χ3n) is 7.58. The second kappa shape index (κ2) is 13.3. The Hall–Kier alpha value is -1.81. The van der Waals surface area contributed by atoms with Crippen LogP contribution in [0.3, 0.4) is 0 Å². The third kappa shape index (κ3) is 7.40. The molecule has 1 fully saturated rings. The van der Waals surface area contributed by atoms with E-state index in [9.17, 15) is 17.6 Å². The molecule has 37 heavy (non-hydrogen) atoms. The van der Waals surface area contributed by atoms with Gasteiger partial charge < -0.3 is 4.90 Å². The summed E-state index contributed by atoms with van der Waals surface area (Å²) in [5.74, 6) is 0.0101. The van der Waals surface area contributed by atoms with Gasteiger partial charge in [-0.1, -0.05) is 51.2 Å². The Morgan fingerprint density at radius 2 is 1.78 bits per heavy atom. The highest BCUT2D eigenvalue weighted by Gasteiger charge is 2.32. The molecule has 9 heteroatoms. The maximum atomic E-state index is 14.0. The molecule has 2 aromatic rings. The van der Waals surface area contributed by atoms with Crippen molar-refractivity contribution >= 4 is 27.3 Å². The molecule has 1 unspecified atom stereocenters. The first-order valence-electron chi connectivity index (χ1n) is 13.7. The number of carbonyl (C=O) groups is 1. The Labute approximate surface area is 225 Å². The van der Waals surface area contributed by atoms with Gasteiger partial charge in [0.05, 0.1) is 11.8 Å². The molecule has 1 saturated heterocycles. The van der Waals surface area contributed by atoms with E-state index in [4.69, 9.17) is 0 Å². The van der Waals surface area contributed by atoms with Crippen LogP contribution in [0.25, 0.3) is 0 Å². The van der Waals surface area contributed by atoms with Crippen molar-refractivity contribution < 1.29 is 17.6 Å². The van der Waals surface area contributed by atoms with Gasteiger partial charge in [0.15, 0.2) is 0 Å². The second-order valence-electron chi connectivity index (χ2n) is 10.2. The lowest BCUT2D eigenvalue weighted by molar-refractivity contribution is -0.132. The molecule has 1 aromatic carbocycles. The molecule has 0 saturated carbocycles. The highest BCUT2D eigenvalue weighted by atomic mass is 32.2. The van der Waals surface area contributed by atoms with Crippen molar-refractivity contribution in [2.45, 2.75) is 64.3 Å². The lowest BCUT2D eigenvalue weighted by Crippen LogP contribution is -2.51. The summed E-state index contributed by atoms with van der Waals surface area (Å²) in [4.78, 5) is 18.5. The van der Waals surface area contributed by atoms with Gasteiger partial charge in [0, 0.05) is 50.6 Å². The zero-order valence-electron chi connectivity index (χ0n) is 21.9.